The zero-order chi connectivity index (χ0) is 11.1. The molecule has 0 saturated carbocycles. The van der Waals surface area contributed by atoms with Crippen LogP contribution in [0.1, 0.15) is 6.92 Å². The van der Waals surface area contributed by atoms with Gasteiger partial charge in [-0.05, 0) is 28.9 Å². The molecule has 14 heavy (non-hydrogen) atoms. The second kappa shape index (κ2) is 5.17. The van der Waals surface area contributed by atoms with Crippen molar-refractivity contribution < 1.29 is 0 Å². The Morgan fingerprint density at radius 3 is 2.29 bits per heavy atom. The molecule has 0 amide bonds. The molecule has 2 unspecified atom stereocenters. The minimum absolute atomic E-state index is 0.0393. The van der Waals surface area contributed by atoms with Crippen LogP contribution >= 0.6 is 89.0 Å². The summed E-state index contributed by atoms with van der Waals surface area (Å²) in [5, 5.41) is 0. The normalized spacial score (nSPS) is 33.7. The lowest BCUT2D eigenvalue weighted by molar-refractivity contribution is 0.592. The van der Waals surface area contributed by atoms with E-state index in [-0.39, 0.29) is 14.8 Å². The summed E-state index contributed by atoms with van der Waals surface area (Å²) in [5.74, 6) is 0.169. The van der Waals surface area contributed by atoms with Gasteiger partial charge in [-0.1, -0.05) is 47.8 Å². The predicted octanol–water partition coefficient (Wildman–Crippen LogP) is 5.24. The van der Waals surface area contributed by atoms with Crippen molar-refractivity contribution in [3.8, 4) is 0 Å². The summed E-state index contributed by atoms with van der Waals surface area (Å²) < 4.78 is 2.98. The molecule has 0 aromatic carbocycles. The smallest absolute Gasteiger partial charge is 0.0636 e. The van der Waals surface area contributed by atoms with Gasteiger partial charge in [-0.15, -0.1) is 0 Å². The molecule has 2 atom stereocenters. The molecule has 0 aromatic rings. The molecule has 1 aliphatic carbocycles. The molecule has 80 valence electrons. The van der Waals surface area contributed by atoms with Gasteiger partial charge < -0.3 is 0 Å². The van der Waals surface area contributed by atoms with Crippen LogP contribution in [-0.2, 0) is 0 Å². The number of hydrogen-bond donors (Lipinski definition) is 2. The molecule has 0 N–H and O–H groups in total. The molecule has 0 saturated heterocycles. The number of alkyl halides is 1. The van der Waals surface area contributed by atoms with Gasteiger partial charge in [0.05, 0.1) is 8.91 Å². The second-order valence-electron chi connectivity index (χ2n) is 3.16. The first kappa shape index (κ1) is 14.2. The van der Waals surface area contributed by atoms with Gasteiger partial charge in [-0.25, -0.2) is 0 Å². The fraction of sp³-hybridized carbons (Fsp3) is 0.500. The van der Waals surface area contributed by atoms with E-state index >= 15 is 0 Å². The molecule has 1 aliphatic rings. The summed E-state index contributed by atoms with van der Waals surface area (Å²) in [6, 6.07) is 0. The van der Waals surface area contributed by atoms with Crippen molar-refractivity contribution in [2.75, 3.05) is 0 Å². The number of thiol groups is 2. The van der Waals surface area contributed by atoms with Crippen molar-refractivity contribution >= 4 is 89.0 Å². The van der Waals surface area contributed by atoms with E-state index in [1.165, 1.54) is 0 Å². The van der Waals surface area contributed by atoms with Crippen molar-refractivity contribution in [2.24, 2.45) is 5.92 Å². The maximum atomic E-state index is 4.40. The van der Waals surface area contributed by atoms with E-state index < -0.39 is 0 Å². The maximum Gasteiger partial charge on any atom is 0.0636 e. The predicted molar refractivity (Wildman–Crippen MR) is 84.5 cm³/mol. The van der Waals surface area contributed by atoms with E-state index in [1.54, 1.807) is 0 Å². The van der Waals surface area contributed by atoms with E-state index in [4.69, 9.17) is 0 Å². The second-order valence-corrected chi connectivity index (χ2v) is 8.89. The van der Waals surface area contributed by atoms with E-state index in [0.29, 0.717) is 0 Å². The maximum absolute atomic E-state index is 4.40. The SMILES string of the molecule is CC1(Br)C(Br)=CC(Br)=C(Br)C1C(S)S. The third-order valence-corrected chi connectivity index (χ3v) is 7.31. The number of hydrogen-bond acceptors (Lipinski definition) is 2. The summed E-state index contributed by atoms with van der Waals surface area (Å²) in [5.41, 5.74) is 0. The molecule has 0 spiro atoms. The highest BCUT2D eigenvalue weighted by atomic mass is 79.9. The van der Waals surface area contributed by atoms with Gasteiger partial charge in [0.2, 0.25) is 0 Å². The van der Waals surface area contributed by atoms with Crippen LogP contribution in [0, 0.1) is 5.92 Å². The van der Waals surface area contributed by atoms with Crippen LogP contribution in [0.2, 0.25) is 0 Å². The Labute approximate surface area is 129 Å². The molecular weight excluding hydrogens is 480 g/mol. The first-order valence-corrected chi connectivity index (χ1v) is 7.97. The molecule has 0 nitrogen and oxygen atoms in total. The lowest BCUT2D eigenvalue weighted by atomic mass is 9.91. The van der Waals surface area contributed by atoms with Crippen LogP contribution in [0.15, 0.2) is 19.5 Å². The lowest BCUT2D eigenvalue weighted by Crippen LogP contribution is -2.35. The zero-order valence-electron chi connectivity index (χ0n) is 7.14. The molecule has 0 bridgehead atoms. The zero-order valence-corrected chi connectivity index (χ0v) is 15.3. The third kappa shape index (κ3) is 2.67. The highest BCUT2D eigenvalue weighted by Gasteiger charge is 2.42. The van der Waals surface area contributed by atoms with Crippen molar-refractivity contribution in [1.29, 1.82) is 0 Å². The lowest BCUT2D eigenvalue weighted by Gasteiger charge is -2.37. The minimum atomic E-state index is -0.169. The Morgan fingerprint density at radius 1 is 1.36 bits per heavy atom. The highest BCUT2D eigenvalue weighted by molar-refractivity contribution is 9.15. The minimum Gasteiger partial charge on any atom is -0.164 e. The fourth-order valence-electron chi connectivity index (χ4n) is 1.27. The van der Waals surface area contributed by atoms with E-state index in [0.717, 1.165) is 13.4 Å². The molecule has 0 radical (unpaired) electrons. The van der Waals surface area contributed by atoms with E-state index in [1.807, 2.05) is 6.08 Å². The average Bonchev–Trinajstić information content (AvgIpc) is 2.00. The Bertz CT molecular complexity index is 306. The summed E-state index contributed by atoms with van der Waals surface area (Å²) in [7, 11) is 0. The van der Waals surface area contributed by atoms with Crippen LogP contribution in [-0.4, -0.2) is 8.91 Å². The van der Waals surface area contributed by atoms with Gasteiger partial charge in [0.15, 0.2) is 0 Å². The summed E-state index contributed by atoms with van der Waals surface area (Å²) in [6.07, 6.45) is 2.03. The van der Waals surface area contributed by atoms with Crippen LogP contribution in [0.25, 0.3) is 0 Å². The molecule has 0 aliphatic heterocycles. The monoisotopic (exact) mass is 484 g/mol. The summed E-state index contributed by atoms with van der Waals surface area (Å²) >= 11 is 23.1. The topological polar surface area (TPSA) is 0 Å². The molecule has 1 rings (SSSR count). The molecule has 0 aromatic heterocycles. The van der Waals surface area contributed by atoms with Gasteiger partial charge in [-0.3, -0.25) is 0 Å². The molecule has 0 fully saturated rings. The Balaban J connectivity index is 3.22. The van der Waals surface area contributed by atoms with Crippen LogP contribution < -0.4 is 0 Å². The van der Waals surface area contributed by atoms with Crippen LogP contribution in [0.3, 0.4) is 0 Å². The van der Waals surface area contributed by atoms with Crippen LogP contribution in [0.4, 0.5) is 0 Å². The summed E-state index contributed by atoms with van der Waals surface area (Å²) in [6.45, 7) is 2.10. The first-order valence-electron chi connectivity index (χ1n) is 3.76. The van der Waals surface area contributed by atoms with Gasteiger partial charge in [-0.2, -0.15) is 25.3 Å². The van der Waals surface area contributed by atoms with Crippen molar-refractivity contribution in [3.05, 3.63) is 19.5 Å². The Hall–Kier alpha value is 2.10. The van der Waals surface area contributed by atoms with Gasteiger partial charge in [0.25, 0.3) is 0 Å². The Kier molecular flexibility index (Phi) is 5.23. The van der Waals surface area contributed by atoms with Crippen molar-refractivity contribution in [2.45, 2.75) is 15.8 Å². The average molecular weight is 488 g/mol. The summed E-state index contributed by atoms with van der Waals surface area (Å²) in [4.78, 5) is 0. The number of halogens is 4. The number of allylic oxidation sites excluding steroid dienone is 4. The van der Waals surface area contributed by atoms with Crippen LogP contribution in [0.5, 0.6) is 0 Å². The Morgan fingerprint density at radius 2 is 1.86 bits per heavy atom. The molecule has 6 heteroatoms. The van der Waals surface area contributed by atoms with E-state index in [9.17, 15) is 0 Å². The largest absolute Gasteiger partial charge is 0.164 e. The first-order chi connectivity index (χ1) is 6.28. The van der Waals surface area contributed by atoms with Gasteiger partial charge in [0, 0.05) is 19.4 Å². The third-order valence-electron chi connectivity index (χ3n) is 2.10. The number of rotatable bonds is 1. The van der Waals surface area contributed by atoms with Gasteiger partial charge >= 0.3 is 0 Å². The van der Waals surface area contributed by atoms with Gasteiger partial charge in [0.1, 0.15) is 0 Å². The van der Waals surface area contributed by atoms with Crippen molar-refractivity contribution in [3.63, 3.8) is 0 Å². The standard InChI is InChI=1S/C8H8Br4S2/c1-8(12)4(10)2-3(9)6(11)5(8)7(13)14/h2,5,7,13-14H,1H3. The fourth-order valence-corrected chi connectivity index (χ4v) is 5.99. The van der Waals surface area contributed by atoms with E-state index in [2.05, 4.69) is 95.9 Å². The molecular formula is C8H8Br4S2. The molecule has 0 heterocycles. The van der Waals surface area contributed by atoms with Crippen molar-refractivity contribution in [1.82, 2.24) is 0 Å². The quantitative estimate of drug-likeness (QED) is 0.282. The highest BCUT2D eigenvalue weighted by Crippen LogP contribution is 2.52.